The van der Waals surface area contributed by atoms with Gasteiger partial charge in [0.1, 0.15) is 12.1 Å². The number of nitrogens with zero attached hydrogens (tertiary/aromatic N) is 3. The molecule has 0 bridgehead atoms. The lowest BCUT2D eigenvalue weighted by atomic mass is 10.1. The number of hydrogen-bond acceptors (Lipinski definition) is 5. The summed E-state index contributed by atoms with van der Waals surface area (Å²) in [6.45, 7) is 2.66. The van der Waals surface area contributed by atoms with Gasteiger partial charge in [-0.1, -0.05) is 6.07 Å². The van der Waals surface area contributed by atoms with Crippen molar-refractivity contribution in [3.63, 3.8) is 0 Å². The fourth-order valence-corrected chi connectivity index (χ4v) is 3.85. The second kappa shape index (κ2) is 7.89. The van der Waals surface area contributed by atoms with Crippen LogP contribution in [0.4, 0.5) is 23.7 Å². The molecule has 0 fully saturated rings. The average molecular weight is 453 g/mol. The zero-order valence-corrected chi connectivity index (χ0v) is 17.3. The Labute approximate surface area is 186 Å². The van der Waals surface area contributed by atoms with Crippen LogP contribution in [0.2, 0.25) is 0 Å². The number of aromatic nitrogens is 3. The van der Waals surface area contributed by atoms with Crippen LogP contribution in [0.25, 0.3) is 10.9 Å². The van der Waals surface area contributed by atoms with Crippen molar-refractivity contribution in [2.45, 2.75) is 25.7 Å². The minimum Gasteiger partial charge on any atom is -0.439 e. The van der Waals surface area contributed by atoms with E-state index in [9.17, 15) is 18.0 Å². The van der Waals surface area contributed by atoms with Crippen molar-refractivity contribution in [1.82, 2.24) is 19.9 Å². The zero-order valence-electron chi connectivity index (χ0n) is 17.3. The normalized spacial score (nSPS) is 15.5. The molecule has 4 aromatic rings. The zero-order chi connectivity index (χ0) is 23.2. The van der Waals surface area contributed by atoms with Crippen molar-refractivity contribution in [3.8, 4) is 11.6 Å². The largest absolute Gasteiger partial charge is 0.439 e. The molecule has 7 nitrogen and oxygen atoms in total. The molecule has 2 N–H and O–H groups in total. The monoisotopic (exact) mass is 453 g/mol. The Morgan fingerprint density at radius 2 is 2.03 bits per heavy atom. The number of alkyl halides is 3. The molecule has 0 saturated carbocycles. The second-order valence-corrected chi connectivity index (χ2v) is 7.66. The van der Waals surface area contributed by atoms with Crippen molar-refractivity contribution < 1.29 is 22.7 Å². The lowest BCUT2D eigenvalue weighted by molar-refractivity contribution is -0.137. The number of benzene rings is 2. The lowest BCUT2D eigenvalue weighted by Gasteiger charge is -2.12. The van der Waals surface area contributed by atoms with E-state index in [1.807, 2.05) is 6.92 Å². The minimum atomic E-state index is -4.49. The molecular weight excluding hydrogens is 435 g/mol. The van der Waals surface area contributed by atoms with Crippen molar-refractivity contribution >= 4 is 22.6 Å². The number of fused-ring (bicyclic) bond motifs is 2. The smallest absolute Gasteiger partial charge is 0.416 e. The Balaban J connectivity index is 1.38. The standard InChI is InChI=1S/C23H18F3N5O2/c1-13-20-18(11-27-13)28-12-29-21(20)33-17-5-6-19-14(9-17)7-8-31(19)22(32)30-16-4-2-3-15(10-16)23(24,25)26/h2-10,12-13,27H,11H2,1H3,(H,30,32). The predicted octanol–water partition coefficient (Wildman–Crippen LogP) is 5.49. The number of halogens is 3. The highest BCUT2D eigenvalue weighted by Crippen LogP contribution is 2.34. The number of rotatable bonds is 3. The summed E-state index contributed by atoms with van der Waals surface area (Å²) in [7, 11) is 0. The van der Waals surface area contributed by atoms with Crippen molar-refractivity contribution in [3.05, 3.63) is 77.9 Å². The van der Waals surface area contributed by atoms with Gasteiger partial charge in [-0.3, -0.25) is 4.57 Å². The summed E-state index contributed by atoms with van der Waals surface area (Å²) >= 11 is 0. The summed E-state index contributed by atoms with van der Waals surface area (Å²) in [6.07, 6.45) is -1.48. The number of carbonyl (C=O) groups is 1. The minimum absolute atomic E-state index is 0.0528. The topological polar surface area (TPSA) is 81.1 Å². The summed E-state index contributed by atoms with van der Waals surface area (Å²) in [6, 6.07) is 10.9. The molecule has 1 aliphatic heterocycles. The maximum absolute atomic E-state index is 12.9. The van der Waals surface area contributed by atoms with Gasteiger partial charge in [-0.2, -0.15) is 13.2 Å². The van der Waals surface area contributed by atoms with E-state index < -0.39 is 17.8 Å². The molecule has 2 aromatic carbocycles. The number of nitrogens with one attached hydrogen (secondary N) is 2. The maximum Gasteiger partial charge on any atom is 0.416 e. The van der Waals surface area contributed by atoms with Crippen LogP contribution in [0.3, 0.4) is 0 Å². The van der Waals surface area contributed by atoms with Crippen LogP contribution in [-0.4, -0.2) is 20.6 Å². The van der Waals surface area contributed by atoms with Gasteiger partial charge in [0.25, 0.3) is 0 Å². The fourth-order valence-electron chi connectivity index (χ4n) is 3.85. The van der Waals surface area contributed by atoms with E-state index in [4.69, 9.17) is 4.74 Å². The molecule has 0 radical (unpaired) electrons. The molecule has 1 amide bonds. The number of amides is 1. The SMILES string of the molecule is CC1NCc2ncnc(Oc3ccc4c(ccn4C(=O)Nc4cccc(C(F)(F)F)c4)c3)c21. The first-order valence-electron chi connectivity index (χ1n) is 10.1. The Bertz CT molecular complexity index is 1370. The van der Waals surface area contributed by atoms with E-state index in [-0.39, 0.29) is 11.7 Å². The van der Waals surface area contributed by atoms with Gasteiger partial charge in [-0.15, -0.1) is 0 Å². The number of hydrogen-bond donors (Lipinski definition) is 2. The van der Waals surface area contributed by atoms with Gasteiger partial charge < -0.3 is 15.4 Å². The molecule has 33 heavy (non-hydrogen) atoms. The molecule has 1 unspecified atom stereocenters. The van der Waals surface area contributed by atoms with E-state index in [2.05, 4.69) is 20.6 Å². The number of carbonyl (C=O) groups excluding carboxylic acids is 1. The number of anilines is 1. The lowest BCUT2D eigenvalue weighted by Crippen LogP contribution is -2.18. The van der Waals surface area contributed by atoms with Crippen LogP contribution in [0.15, 0.2) is 61.1 Å². The first kappa shape index (κ1) is 21.0. The van der Waals surface area contributed by atoms with Crippen molar-refractivity contribution in [2.24, 2.45) is 0 Å². The van der Waals surface area contributed by atoms with Gasteiger partial charge >= 0.3 is 12.2 Å². The highest BCUT2D eigenvalue weighted by molar-refractivity contribution is 5.98. The third-order valence-electron chi connectivity index (χ3n) is 5.47. The summed E-state index contributed by atoms with van der Waals surface area (Å²) in [5.41, 5.74) is 1.61. The summed E-state index contributed by atoms with van der Waals surface area (Å²) in [5.74, 6) is 1.01. The third-order valence-corrected chi connectivity index (χ3v) is 5.47. The average Bonchev–Trinajstić information content (AvgIpc) is 3.37. The first-order valence-corrected chi connectivity index (χ1v) is 10.1. The summed E-state index contributed by atoms with van der Waals surface area (Å²) in [5, 5.41) is 6.53. The Morgan fingerprint density at radius 3 is 2.85 bits per heavy atom. The maximum atomic E-state index is 12.9. The van der Waals surface area contributed by atoms with Crippen LogP contribution in [0.1, 0.15) is 29.8 Å². The van der Waals surface area contributed by atoms with E-state index in [0.29, 0.717) is 23.7 Å². The van der Waals surface area contributed by atoms with E-state index in [1.165, 1.54) is 23.0 Å². The third kappa shape index (κ3) is 4.00. The van der Waals surface area contributed by atoms with Crippen molar-refractivity contribution in [2.75, 3.05) is 5.32 Å². The fraction of sp³-hybridized carbons (Fsp3) is 0.174. The van der Waals surface area contributed by atoms with Gasteiger partial charge in [-0.25, -0.2) is 14.8 Å². The number of ether oxygens (including phenoxy) is 1. The van der Waals surface area contributed by atoms with Gasteiger partial charge in [0.15, 0.2) is 0 Å². The Hall–Kier alpha value is -3.92. The molecular formula is C23H18F3N5O2. The molecule has 1 atom stereocenters. The van der Waals surface area contributed by atoms with Crippen LogP contribution in [0.5, 0.6) is 11.6 Å². The highest BCUT2D eigenvalue weighted by atomic mass is 19.4. The summed E-state index contributed by atoms with van der Waals surface area (Å²) in [4.78, 5) is 21.2. The highest BCUT2D eigenvalue weighted by Gasteiger charge is 2.30. The van der Waals surface area contributed by atoms with Gasteiger partial charge in [0.2, 0.25) is 5.88 Å². The Kier molecular flexibility index (Phi) is 5.01. The van der Waals surface area contributed by atoms with E-state index in [0.717, 1.165) is 28.8 Å². The molecule has 0 aliphatic carbocycles. The molecule has 3 heterocycles. The molecule has 1 aliphatic rings. The molecule has 2 aromatic heterocycles. The van der Waals surface area contributed by atoms with Gasteiger partial charge in [-0.05, 0) is 49.4 Å². The van der Waals surface area contributed by atoms with Gasteiger partial charge in [0.05, 0.1) is 22.3 Å². The van der Waals surface area contributed by atoms with Crippen LogP contribution < -0.4 is 15.4 Å². The van der Waals surface area contributed by atoms with Crippen LogP contribution in [-0.2, 0) is 12.7 Å². The van der Waals surface area contributed by atoms with Crippen LogP contribution >= 0.6 is 0 Å². The van der Waals surface area contributed by atoms with Crippen molar-refractivity contribution in [1.29, 1.82) is 0 Å². The quantitative estimate of drug-likeness (QED) is 0.429. The van der Waals surface area contributed by atoms with Crippen LogP contribution in [0, 0.1) is 0 Å². The van der Waals surface area contributed by atoms with E-state index in [1.54, 1.807) is 30.5 Å². The molecule has 0 spiro atoms. The summed E-state index contributed by atoms with van der Waals surface area (Å²) < 4.78 is 46.1. The van der Waals surface area contributed by atoms with Gasteiger partial charge in [0, 0.05) is 29.9 Å². The molecule has 10 heteroatoms. The first-order chi connectivity index (χ1) is 15.8. The predicted molar refractivity (Wildman–Crippen MR) is 115 cm³/mol. The molecule has 0 saturated heterocycles. The second-order valence-electron chi connectivity index (χ2n) is 7.66. The molecule has 168 valence electrons. The van der Waals surface area contributed by atoms with E-state index >= 15 is 0 Å². The Morgan fingerprint density at radius 1 is 1.18 bits per heavy atom. The molecule has 5 rings (SSSR count).